The van der Waals surface area contributed by atoms with E-state index in [0.717, 1.165) is 26.1 Å². The molecule has 0 amide bonds. The lowest BCUT2D eigenvalue weighted by atomic mass is 10.3. The molecular formula is C12H10N2O2S2. The molecule has 0 radical (unpaired) electrons. The Kier molecular flexibility index (Phi) is 2.68. The van der Waals surface area contributed by atoms with Crippen molar-refractivity contribution in [3.05, 3.63) is 34.3 Å². The van der Waals surface area contributed by atoms with Gasteiger partial charge in [-0.25, -0.2) is 4.98 Å². The lowest BCUT2D eigenvalue weighted by Crippen LogP contribution is -1.99. The fraction of sp³-hybridized carbons (Fsp3) is 0.167. The van der Waals surface area contributed by atoms with Crippen molar-refractivity contribution in [3.8, 4) is 10.6 Å². The number of aryl methyl sites for hydroxylation is 1. The molecule has 92 valence electrons. The van der Waals surface area contributed by atoms with Crippen LogP contribution in [0.25, 0.3) is 15.5 Å². The summed E-state index contributed by atoms with van der Waals surface area (Å²) < 4.78 is 1.97. The zero-order valence-corrected chi connectivity index (χ0v) is 11.2. The standard InChI is InChI=1S/C12H10N2O2S2/c1-7-10(5-11(15)16)18-12-13-8(6-14(7)12)9-3-2-4-17-9/h2-4,6H,5H2,1H3,(H,15,16). The Morgan fingerprint density at radius 3 is 3.00 bits per heavy atom. The van der Waals surface area contributed by atoms with E-state index in [1.165, 1.54) is 11.3 Å². The molecule has 1 N–H and O–H groups in total. The number of thiazole rings is 1. The van der Waals surface area contributed by atoms with Crippen molar-refractivity contribution < 1.29 is 9.90 Å². The average molecular weight is 278 g/mol. The molecule has 0 saturated carbocycles. The van der Waals surface area contributed by atoms with Crippen LogP contribution in [-0.4, -0.2) is 20.5 Å². The highest BCUT2D eigenvalue weighted by atomic mass is 32.1. The number of hydrogen-bond acceptors (Lipinski definition) is 4. The smallest absolute Gasteiger partial charge is 0.308 e. The fourth-order valence-electron chi connectivity index (χ4n) is 1.84. The van der Waals surface area contributed by atoms with Crippen molar-refractivity contribution in [2.75, 3.05) is 0 Å². The van der Waals surface area contributed by atoms with Gasteiger partial charge in [0.2, 0.25) is 0 Å². The van der Waals surface area contributed by atoms with Gasteiger partial charge in [0.05, 0.1) is 11.3 Å². The van der Waals surface area contributed by atoms with Gasteiger partial charge in [-0.2, -0.15) is 0 Å². The monoisotopic (exact) mass is 278 g/mol. The van der Waals surface area contributed by atoms with Crippen LogP contribution in [0.3, 0.4) is 0 Å². The summed E-state index contributed by atoms with van der Waals surface area (Å²) in [4.78, 5) is 18.1. The molecular weight excluding hydrogens is 268 g/mol. The van der Waals surface area contributed by atoms with Gasteiger partial charge in [0, 0.05) is 16.8 Å². The molecule has 0 aromatic carbocycles. The fourth-order valence-corrected chi connectivity index (χ4v) is 3.61. The van der Waals surface area contributed by atoms with E-state index in [1.807, 2.05) is 35.0 Å². The summed E-state index contributed by atoms with van der Waals surface area (Å²) in [6.07, 6.45) is 2.03. The second-order valence-corrected chi connectivity index (χ2v) is 5.95. The van der Waals surface area contributed by atoms with Gasteiger partial charge in [0.15, 0.2) is 4.96 Å². The summed E-state index contributed by atoms with van der Waals surface area (Å²) >= 11 is 3.10. The molecule has 0 saturated heterocycles. The molecule has 0 atom stereocenters. The van der Waals surface area contributed by atoms with Gasteiger partial charge in [-0.3, -0.25) is 9.20 Å². The van der Waals surface area contributed by atoms with Gasteiger partial charge in [0.1, 0.15) is 5.69 Å². The minimum Gasteiger partial charge on any atom is -0.481 e. The summed E-state index contributed by atoms with van der Waals surface area (Å²) in [5.74, 6) is -0.805. The third-order valence-electron chi connectivity index (χ3n) is 2.74. The van der Waals surface area contributed by atoms with Gasteiger partial charge in [0.25, 0.3) is 0 Å². The topological polar surface area (TPSA) is 54.6 Å². The molecule has 0 aliphatic carbocycles. The van der Waals surface area contributed by atoms with Crippen LogP contribution in [0.15, 0.2) is 23.7 Å². The van der Waals surface area contributed by atoms with Crippen LogP contribution in [-0.2, 0) is 11.2 Å². The first-order chi connectivity index (χ1) is 8.65. The molecule has 6 heteroatoms. The minimum atomic E-state index is -0.805. The van der Waals surface area contributed by atoms with Crippen molar-refractivity contribution >= 4 is 33.6 Å². The largest absolute Gasteiger partial charge is 0.481 e. The Morgan fingerprint density at radius 2 is 2.39 bits per heavy atom. The lowest BCUT2D eigenvalue weighted by Gasteiger charge is -1.94. The number of thiophene rings is 1. The Morgan fingerprint density at radius 1 is 1.56 bits per heavy atom. The van der Waals surface area contributed by atoms with Crippen molar-refractivity contribution in [1.29, 1.82) is 0 Å². The number of hydrogen-bond donors (Lipinski definition) is 1. The van der Waals surface area contributed by atoms with Gasteiger partial charge in [-0.1, -0.05) is 6.07 Å². The van der Waals surface area contributed by atoms with Crippen LogP contribution in [0.4, 0.5) is 0 Å². The van der Waals surface area contributed by atoms with Crippen LogP contribution in [0, 0.1) is 6.92 Å². The summed E-state index contributed by atoms with van der Waals surface area (Å²) in [6.45, 7) is 1.93. The van der Waals surface area contributed by atoms with Crippen LogP contribution in [0.2, 0.25) is 0 Å². The Balaban J connectivity index is 2.07. The number of carboxylic acids is 1. The molecule has 0 fully saturated rings. The predicted octanol–water partition coefficient (Wildman–Crippen LogP) is 3.06. The Labute approximate surface area is 111 Å². The van der Waals surface area contributed by atoms with Crippen molar-refractivity contribution in [2.24, 2.45) is 0 Å². The highest BCUT2D eigenvalue weighted by Crippen LogP contribution is 2.29. The van der Waals surface area contributed by atoms with Crippen LogP contribution < -0.4 is 0 Å². The van der Waals surface area contributed by atoms with E-state index in [9.17, 15) is 4.79 Å². The van der Waals surface area contributed by atoms with Gasteiger partial charge in [-0.15, -0.1) is 22.7 Å². The zero-order chi connectivity index (χ0) is 12.7. The molecule has 0 unspecified atom stereocenters. The maximum absolute atomic E-state index is 10.8. The minimum absolute atomic E-state index is 0.0637. The number of rotatable bonds is 3. The molecule has 3 heterocycles. The van der Waals surface area contributed by atoms with Crippen LogP contribution in [0.5, 0.6) is 0 Å². The maximum Gasteiger partial charge on any atom is 0.308 e. The molecule has 0 spiro atoms. The third kappa shape index (κ3) is 1.83. The van der Waals surface area contributed by atoms with E-state index in [1.54, 1.807) is 11.3 Å². The van der Waals surface area contributed by atoms with E-state index < -0.39 is 5.97 Å². The van der Waals surface area contributed by atoms with Crippen molar-refractivity contribution in [2.45, 2.75) is 13.3 Å². The van der Waals surface area contributed by atoms with E-state index in [4.69, 9.17) is 5.11 Å². The summed E-state index contributed by atoms with van der Waals surface area (Å²) in [5.41, 5.74) is 1.91. The number of aromatic nitrogens is 2. The van der Waals surface area contributed by atoms with E-state index in [2.05, 4.69) is 4.98 Å². The van der Waals surface area contributed by atoms with Gasteiger partial charge in [-0.05, 0) is 18.4 Å². The van der Waals surface area contributed by atoms with E-state index in [-0.39, 0.29) is 6.42 Å². The number of imidazole rings is 1. The van der Waals surface area contributed by atoms with Crippen LogP contribution >= 0.6 is 22.7 Å². The second-order valence-electron chi connectivity index (χ2n) is 3.94. The molecule has 0 aliphatic heterocycles. The molecule has 3 aromatic rings. The molecule has 18 heavy (non-hydrogen) atoms. The Bertz CT molecular complexity index is 710. The summed E-state index contributed by atoms with van der Waals surface area (Å²) in [5, 5.41) is 10.9. The molecule has 0 bridgehead atoms. The normalized spacial score (nSPS) is 11.2. The van der Waals surface area contributed by atoms with Gasteiger partial charge >= 0.3 is 5.97 Å². The van der Waals surface area contributed by atoms with E-state index >= 15 is 0 Å². The Hall–Kier alpha value is -1.66. The maximum atomic E-state index is 10.8. The number of carbonyl (C=O) groups is 1. The van der Waals surface area contributed by atoms with Crippen molar-refractivity contribution in [3.63, 3.8) is 0 Å². The summed E-state index contributed by atoms with van der Waals surface area (Å²) in [6, 6.07) is 4.03. The quantitative estimate of drug-likeness (QED) is 0.801. The van der Waals surface area contributed by atoms with E-state index in [0.29, 0.717) is 0 Å². The lowest BCUT2D eigenvalue weighted by molar-refractivity contribution is -0.136. The number of aliphatic carboxylic acids is 1. The molecule has 0 aliphatic rings. The number of carboxylic acid groups (broad SMARTS) is 1. The highest BCUT2D eigenvalue weighted by Gasteiger charge is 2.14. The molecule has 3 aromatic heterocycles. The van der Waals surface area contributed by atoms with Crippen molar-refractivity contribution in [1.82, 2.24) is 9.38 Å². The first kappa shape index (κ1) is 11.4. The zero-order valence-electron chi connectivity index (χ0n) is 9.58. The number of fused-ring (bicyclic) bond motifs is 1. The molecule has 3 rings (SSSR count). The molecule has 4 nitrogen and oxygen atoms in total. The van der Waals surface area contributed by atoms with Crippen LogP contribution in [0.1, 0.15) is 10.6 Å². The predicted molar refractivity (Wildman–Crippen MR) is 72.5 cm³/mol. The first-order valence-corrected chi connectivity index (χ1v) is 7.08. The van der Waals surface area contributed by atoms with Gasteiger partial charge < -0.3 is 5.11 Å². The SMILES string of the molecule is Cc1c(CC(=O)O)sc2nc(-c3cccs3)cn12. The highest BCUT2D eigenvalue weighted by molar-refractivity contribution is 7.17. The third-order valence-corrected chi connectivity index (χ3v) is 4.79. The second kappa shape index (κ2) is 4.22. The average Bonchev–Trinajstić information content (AvgIpc) is 2.97. The summed E-state index contributed by atoms with van der Waals surface area (Å²) in [7, 11) is 0. The first-order valence-electron chi connectivity index (χ1n) is 5.38. The number of nitrogens with zero attached hydrogens (tertiary/aromatic N) is 2.